The van der Waals surface area contributed by atoms with Crippen molar-refractivity contribution in [3.8, 4) is 5.75 Å². The zero-order valence-corrected chi connectivity index (χ0v) is 20.3. The Kier molecular flexibility index (Phi) is 10.7. The number of hydrogen-bond acceptors (Lipinski definition) is 6. The first-order valence-corrected chi connectivity index (χ1v) is 11.3. The third-order valence-electron chi connectivity index (χ3n) is 5.39. The summed E-state index contributed by atoms with van der Waals surface area (Å²) in [7, 11) is 1.29. The largest absolute Gasteiger partial charge is 0.494 e. The van der Waals surface area contributed by atoms with Gasteiger partial charge in [0.25, 0.3) is 0 Å². The SMILES string of the molecule is CCOC(=O)COCC(C)c1c(C)[nH]c(C2CCC(C)O2)cc1=O.COc1cccc(F)c1F. The van der Waals surface area contributed by atoms with Gasteiger partial charge < -0.3 is 23.9 Å². The Labute approximate surface area is 198 Å². The number of rotatable bonds is 8. The first-order chi connectivity index (χ1) is 16.2. The topological polar surface area (TPSA) is 86.9 Å². The second-order valence-electron chi connectivity index (χ2n) is 8.12. The molecule has 1 aromatic carbocycles. The minimum Gasteiger partial charge on any atom is -0.494 e. The second-order valence-corrected chi connectivity index (χ2v) is 8.12. The molecule has 0 aliphatic carbocycles. The van der Waals surface area contributed by atoms with Crippen molar-refractivity contribution in [3.05, 3.63) is 63.1 Å². The maximum Gasteiger partial charge on any atom is 0.332 e. The fourth-order valence-electron chi connectivity index (χ4n) is 3.79. The Morgan fingerprint density at radius 2 is 2.03 bits per heavy atom. The summed E-state index contributed by atoms with van der Waals surface area (Å²) in [6.45, 7) is 8.12. The van der Waals surface area contributed by atoms with Gasteiger partial charge in [-0.05, 0) is 45.7 Å². The molecule has 0 amide bonds. The number of esters is 1. The maximum atomic E-state index is 12.5. The summed E-state index contributed by atoms with van der Waals surface area (Å²) in [5.74, 6) is -2.40. The summed E-state index contributed by atoms with van der Waals surface area (Å²) < 4.78 is 45.3. The van der Waals surface area contributed by atoms with E-state index in [2.05, 4.69) is 9.72 Å². The third-order valence-corrected chi connectivity index (χ3v) is 5.39. The molecular weight excluding hydrogens is 448 g/mol. The zero-order valence-electron chi connectivity index (χ0n) is 20.3. The van der Waals surface area contributed by atoms with Gasteiger partial charge in [0.15, 0.2) is 17.0 Å². The number of aromatic amines is 1. The fraction of sp³-hybridized carbons (Fsp3) is 0.520. The van der Waals surface area contributed by atoms with Crippen molar-refractivity contribution in [1.82, 2.24) is 4.98 Å². The standard InChI is InChI=1S/C18H27NO5.C7H6F2O/c1-5-23-17(21)10-22-9-11(2)18-13(4)19-14(8-15(18)20)16-7-6-12(3)24-16;1-10-6-4-2-3-5(8)7(6)9/h8,11-12,16H,5-7,9-10H2,1-4H3,(H,19,20);2-4H,1H3. The molecule has 1 aliphatic heterocycles. The monoisotopic (exact) mass is 481 g/mol. The predicted molar refractivity (Wildman–Crippen MR) is 123 cm³/mol. The number of methoxy groups -OCH3 is 1. The minimum atomic E-state index is -0.940. The normalized spacial score (nSPS) is 18.1. The van der Waals surface area contributed by atoms with Crippen LogP contribution < -0.4 is 10.2 Å². The lowest BCUT2D eigenvalue weighted by atomic mass is 9.98. The molecule has 188 valence electrons. The summed E-state index contributed by atoms with van der Waals surface area (Å²) >= 11 is 0. The van der Waals surface area contributed by atoms with Crippen LogP contribution in [0.4, 0.5) is 8.78 Å². The van der Waals surface area contributed by atoms with E-state index in [1.807, 2.05) is 20.8 Å². The number of halogens is 2. The Morgan fingerprint density at radius 3 is 2.59 bits per heavy atom. The number of H-pyrrole nitrogens is 1. The minimum absolute atomic E-state index is 0.0170. The van der Waals surface area contributed by atoms with Crippen LogP contribution in [0.25, 0.3) is 0 Å². The second kappa shape index (κ2) is 13.2. The average Bonchev–Trinajstić information content (AvgIpc) is 3.22. The van der Waals surface area contributed by atoms with Gasteiger partial charge in [0.1, 0.15) is 6.61 Å². The van der Waals surface area contributed by atoms with Gasteiger partial charge in [0.2, 0.25) is 5.82 Å². The molecule has 3 atom stereocenters. The molecule has 1 aliphatic rings. The van der Waals surface area contributed by atoms with E-state index in [9.17, 15) is 18.4 Å². The van der Waals surface area contributed by atoms with Crippen LogP contribution in [0.2, 0.25) is 0 Å². The quantitative estimate of drug-likeness (QED) is 0.556. The number of hydrogen-bond donors (Lipinski definition) is 1. The molecule has 3 unspecified atom stereocenters. The van der Waals surface area contributed by atoms with Gasteiger partial charge in [-0.1, -0.05) is 13.0 Å². The summed E-state index contributed by atoms with van der Waals surface area (Å²) in [5.41, 5.74) is 2.34. The molecule has 0 bridgehead atoms. The van der Waals surface area contributed by atoms with Crippen LogP contribution in [0, 0.1) is 18.6 Å². The number of aromatic nitrogens is 1. The summed E-state index contributed by atoms with van der Waals surface area (Å²) in [4.78, 5) is 27.1. The molecule has 0 radical (unpaired) electrons. The molecule has 3 rings (SSSR count). The number of aryl methyl sites for hydroxylation is 1. The van der Waals surface area contributed by atoms with E-state index in [0.29, 0.717) is 18.8 Å². The molecule has 0 saturated carbocycles. The van der Waals surface area contributed by atoms with Gasteiger partial charge in [0, 0.05) is 28.9 Å². The number of carbonyl (C=O) groups is 1. The van der Waals surface area contributed by atoms with Crippen molar-refractivity contribution in [3.63, 3.8) is 0 Å². The zero-order chi connectivity index (χ0) is 25.3. The van der Waals surface area contributed by atoms with Gasteiger partial charge in [0.05, 0.1) is 32.5 Å². The summed E-state index contributed by atoms with van der Waals surface area (Å²) in [5, 5.41) is 0. The Morgan fingerprint density at radius 1 is 1.29 bits per heavy atom. The lowest BCUT2D eigenvalue weighted by Crippen LogP contribution is -2.22. The van der Waals surface area contributed by atoms with E-state index >= 15 is 0 Å². The Hall–Kier alpha value is -2.78. The molecule has 7 nitrogen and oxygen atoms in total. The number of pyridine rings is 1. The van der Waals surface area contributed by atoms with Crippen molar-refractivity contribution in [2.45, 2.75) is 58.7 Å². The number of benzene rings is 1. The van der Waals surface area contributed by atoms with E-state index in [-0.39, 0.29) is 35.9 Å². The number of carbonyl (C=O) groups excluding carboxylic acids is 1. The molecule has 1 saturated heterocycles. The van der Waals surface area contributed by atoms with Crippen molar-refractivity contribution < 1.29 is 32.5 Å². The van der Waals surface area contributed by atoms with E-state index in [4.69, 9.17) is 14.2 Å². The summed E-state index contributed by atoms with van der Waals surface area (Å²) in [6.07, 6.45) is 2.13. The van der Waals surface area contributed by atoms with E-state index in [1.54, 1.807) is 13.0 Å². The fourth-order valence-corrected chi connectivity index (χ4v) is 3.79. The lowest BCUT2D eigenvalue weighted by molar-refractivity contribution is -0.148. The molecule has 9 heteroatoms. The van der Waals surface area contributed by atoms with Crippen molar-refractivity contribution in [1.29, 1.82) is 0 Å². The first-order valence-electron chi connectivity index (χ1n) is 11.3. The molecule has 2 heterocycles. The number of nitrogens with one attached hydrogen (secondary N) is 1. The van der Waals surface area contributed by atoms with Crippen LogP contribution in [-0.2, 0) is 19.0 Å². The Bertz CT molecular complexity index is 1010. The van der Waals surface area contributed by atoms with Gasteiger partial charge in [-0.3, -0.25) is 4.79 Å². The highest BCUT2D eigenvalue weighted by Gasteiger charge is 2.25. The van der Waals surface area contributed by atoms with Gasteiger partial charge in [-0.2, -0.15) is 4.39 Å². The smallest absolute Gasteiger partial charge is 0.332 e. The molecule has 1 N–H and O–H groups in total. The van der Waals surface area contributed by atoms with E-state index in [1.165, 1.54) is 19.2 Å². The first kappa shape index (κ1) is 27.5. The van der Waals surface area contributed by atoms with Gasteiger partial charge >= 0.3 is 5.97 Å². The predicted octanol–water partition coefficient (Wildman–Crippen LogP) is 4.58. The highest BCUT2D eigenvalue weighted by molar-refractivity contribution is 5.70. The Balaban J connectivity index is 0.000000340. The van der Waals surface area contributed by atoms with Crippen LogP contribution in [0.15, 0.2) is 29.1 Å². The van der Waals surface area contributed by atoms with Crippen LogP contribution in [0.3, 0.4) is 0 Å². The molecule has 2 aromatic rings. The van der Waals surface area contributed by atoms with Crippen LogP contribution in [0.1, 0.15) is 62.6 Å². The van der Waals surface area contributed by atoms with Crippen molar-refractivity contribution in [2.75, 3.05) is 26.9 Å². The molecule has 0 spiro atoms. The molecule has 34 heavy (non-hydrogen) atoms. The van der Waals surface area contributed by atoms with Crippen LogP contribution in [0.5, 0.6) is 5.75 Å². The van der Waals surface area contributed by atoms with E-state index in [0.717, 1.165) is 30.3 Å². The molecule has 1 fully saturated rings. The third kappa shape index (κ3) is 7.63. The van der Waals surface area contributed by atoms with Crippen LogP contribution >= 0.6 is 0 Å². The van der Waals surface area contributed by atoms with Crippen molar-refractivity contribution >= 4 is 5.97 Å². The molecular formula is C25H33F2NO6. The highest BCUT2D eigenvalue weighted by Crippen LogP contribution is 2.31. The lowest BCUT2D eigenvalue weighted by Gasteiger charge is -2.17. The average molecular weight is 482 g/mol. The van der Waals surface area contributed by atoms with Crippen molar-refractivity contribution in [2.24, 2.45) is 0 Å². The maximum absolute atomic E-state index is 12.5. The molecule has 1 aromatic heterocycles. The van der Waals surface area contributed by atoms with Gasteiger partial charge in [-0.15, -0.1) is 0 Å². The summed E-state index contributed by atoms with van der Waals surface area (Å²) in [6, 6.07) is 5.42. The van der Waals surface area contributed by atoms with Gasteiger partial charge in [-0.25, -0.2) is 9.18 Å². The highest BCUT2D eigenvalue weighted by atomic mass is 19.2. The number of ether oxygens (including phenoxy) is 4. The van der Waals surface area contributed by atoms with Crippen LogP contribution in [-0.4, -0.2) is 44.0 Å². The van der Waals surface area contributed by atoms with E-state index < -0.39 is 17.6 Å².